The predicted molar refractivity (Wildman–Crippen MR) is 71.2 cm³/mol. The van der Waals surface area contributed by atoms with Crippen LogP contribution in [0.5, 0.6) is 0 Å². The molecule has 0 bridgehead atoms. The van der Waals surface area contributed by atoms with Crippen LogP contribution in [0.15, 0.2) is 29.4 Å². The largest absolute Gasteiger partial charge is 0.409 e. The number of hydrogen-bond acceptors (Lipinski definition) is 4. The molecule has 1 aromatic carbocycles. The van der Waals surface area contributed by atoms with Crippen molar-refractivity contribution >= 4 is 5.84 Å². The summed E-state index contributed by atoms with van der Waals surface area (Å²) in [5, 5.41) is 13.9. The number of rotatable bonds is 4. The summed E-state index contributed by atoms with van der Waals surface area (Å²) in [7, 11) is 0. The highest BCUT2D eigenvalue weighted by atomic mass is 16.4. The van der Waals surface area contributed by atoms with E-state index >= 15 is 0 Å². The molecule has 0 aromatic heterocycles. The van der Waals surface area contributed by atoms with Crippen LogP contribution in [0, 0.1) is 0 Å². The quantitative estimate of drug-likeness (QED) is 0.325. The summed E-state index contributed by atoms with van der Waals surface area (Å²) in [6.45, 7) is 2.99. The van der Waals surface area contributed by atoms with E-state index in [1.165, 1.54) is 19.3 Å². The van der Waals surface area contributed by atoms with Gasteiger partial charge in [0.1, 0.15) is 0 Å². The van der Waals surface area contributed by atoms with Crippen molar-refractivity contribution < 1.29 is 5.21 Å². The molecule has 0 radical (unpaired) electrons. The van der Waals surface area contributed by atoms with Gasteiger partial charge in [-0.2, -0.15) is 0 Å². The molecule has 0 saturated carbocycles. The fourth-order valence-electron chi connectivity index (χ4n) is 2.15. The zero-order valence-electron chi connectivity index (χ0n) is 10.5. The molecule has 0 spiro atoms. The Kier molecular flexibility index (Phi) is 4.55. The van der Waals surface area contributed by atoms with E-state index < -0.39 is 0 Å². The number of amidine groups is 1. The minimum Gasteiger partial charge on any atom is -0.409 e. The molecule has 4 N–H and O–H groups in total. The van der Waals surface area contributed by atoms with Gasteiger partial charge in [0.2, 0.25) is 0 Å². The maximum Gasteiger partial charge on any atom is 0.170 e. The van der Waals surface area contributed by atoms with Crippen molar-refractivity contribution in [2.24, 2.45) is 10.9 Å². The van der Waals surface area contributed by atoms with Gasteiger partial charge in [0.25, 0.3) is 0 Å². The van der Waals surface area contributed by atoms with Crippen LogP contribution in [0.4, 0.5) is 0 Å². The molecular weight excluding hydrogens is 228 g/mol. The van der Waals surface area contributed by atoms with Crippen molar-refractivity contribution in [3.05, 3.63) is 35.4 Å². The van der Waals surface area contributed by atoms with E-state index in [-0.39, 0.29) is 5.84 Å². The van der Waals surface area contributed by atoms with E-state index in [2.05, 4.69) is 15.6 Å². The van der Waals surface area contributed by atoms with Gasteiger partial charge < -0.3 is 10.9 Å². The summed E-state index contributed by atoms with van der Waals surface area (Å²) in [6, 6.07) is 7.72. The summed E-state index contributed by atoms with van der Waals surface area (Å²) in [5.41, 5.74) is 10.9. The van der Waals surface area contributed by atoms with Crippen molar-refractivity contribution in [3.8, 4) is 0 Å². The van der Waals surface area contributed by atoms with Crippen molar-refractivity contribution in [2.75, 3.05) is 13.1 Å². The highest BCUT2D eigenvalue weighted by Crippen LogP contribution is 2.08. The molecule has 18 heavy (non-hydrogen) atoms. The summed E-state index contributed by atoms with van der Waals surface area (Å²) in [4.78, 5) is 0. The molecule has 98 valence electrons. The number of nitrogens with zero attached hydrogens (tertiary/aromatic N) is 2. The third-order valence-corrected chi connectivity index (χ3v) is 3.19. The number of piperidine rings is 1. The van der Waals surface area contributed by atoms with Crippen LogP contribution in [0.25, 0.3) is 0 Å². The lowest BCUT2D eigenvalue weighted by Crippen LogP contribution is -2.41. The lowest BCUT2D eigenvalue weighted by Gasteiger charge is -2.27. The zero-order chi connectivity index (χ0) is 12.8. The molecule has 2 rings (SSSR count). The van der Waals surface area contributed by atoms with Crippen LogP contribution in [0.1, 0.15) is 30.4 Å². The van der Waals surface area contributed by atoms with E-state index in [9.17, 15) is 0 Å². The average Bonchev–Trinajstić information content (AvgIpc) is 2.45. The second kappa shape index (κ2) is 6.37. The second-order valence-electron chi connectivity index (χ2n) is 4.57. The SMILES string of the molecule is N/C(=N/O)c1cccc(CNN2CCCCC2)c1. The maximum atomic E-state index is 8.65. The average molecular weight is 248 g/mol. The normalized spacial score (nSPS) is 17.9. The van der Waals surface area contributed by atoms with Gasteiger partial charge in [-0.25, -0.2) is 5.01 Å². The van der Waals surface area contributed by atoms with E-state index in [0.717, 1.165) is 30.8 Å². The van der Waals surface area contributed by atoms with E-state index in [1.54, 1.807) is 0 Å². The molecule has 5 heteroatoms. The number of nitrogens with one attached hydrogen (secondary N) is 1. The van der Waals surface area contributed by atoms with Gasteiger partial charge in [-0.1, -0.05) is 29.8 Å². The highest BCUT2D eigenvalue weighted by Gasteiger charge is 2.09. The number of nitrogens with two attached hydrogens (primary N) is 1. The monoisotopic (exact) mass is 248 g/mol. The lowest BCUT2D eigenvalue weighted by atomic mass is 10.1. The van der Waals surface area contributed by atoms with Gasteiger partial charge in [-0.3, -0.25) is 5.43 Å². The Bertz CT molecular complexity index is 413. The van der Waals surface area contributed by atoms with E-state index in [1.807, 2.05) is 24.3 Å². The standard InChI is InChI=1S/C13H20N4O/c14-13(16-18)12-6-4-5-11(9-12)10-15-17-7-2-1-3-8-17/h4-6,9,15,18H,1-3,7-8,10H2,(H2,14,16). The molecule has 1 saturated heterocycles. The maximum absolute atomic E-state index is 8.65. The number of oxime groups is 1. The number of hydrazine groups is 1. The first-order chi connectivity index (χ1) is 8.79. The Hall–Kier alpha value is -1.59. The minimum absolute atomic E-state index is 0.148. The summed E-state index contributed by atoms with van der Waals surface area (Å²) in [6.07, 6.45) is 3.85. The third-order valence-electron chi connectivity index (χ3n) is 3.19. The minimum atomic E-state index is 0.148. The first-order valence-corrected chi connectivity index (χ1v) is 6.35. The first-order valence-electron chi connectivity index (χ1n) is 6.35. The van der Waals surface area contributed by atoms with Gasteiger partial charge >= 0.3 is 0 Å². The molecule has 1 aliphatic heterocycles. The van der Waals surface area contributed by atoms with Gasteiger partial charge in [-0.15, -0.1) is 0 Å². The molecule has 5 nitrogen and oxygen atoms in total. The molecule has 1 aromatic rings. The van der Waals surface area contributed by atoms with Crippen molar-refractivity contribution in [3.63, 3.8) is 0 Å². The van der Waals surface area contributed by atoms with Crippen molar-refractivity contribution in [1.82, 2.24) is 10.4 Å². The summed E-state index contributed by atoms with van der Waals surface area (Å²) >= 11 is 0. The van der Waals surface area contributed by atoms with Gasteiger partial charge in [0, 0.05) is 25.2 Å². The van der Waals surface area contributed by atoms with Crippen LogP contribution >= 0.6 is 0 Å². The van der Waals surface area contributed by atoms with Gasteiger partial charge in [0.05, 0.1) is 0 Å². The van der Waals surface area contributed by atoms with Crippen LogP contribution in [-0.2, 0) is 6.54 Å². The summed E-state index contributed by atoms with van der Waals surface area (Å²) < 4.78 is 0. The van der Waals surface area contributed by atoms with Gasteiger partial charge in [0.15, 0.2) is 5.84 Å². The Balaban J connectivity index is 1.92. The predicted octanol–water partition coefficient (Wildman–Crippen LogP) is 1.27. The Labute approximate surface area is 107 Å². The molecule has 1 aliphatic rings. The highest BCUT2D eigenvalue weighted by molar-refractivity contribution is 5.97. The fraction of sp³-hybridized carbons (Fsp3) is 0.462. The molecule has 0 aliphatic carbocycles. The Morgan fingerprint density at radius 1 is 1.33 bits per heavy atom. The summed E-state index contributed by atoms with van der Waals surface area (Å²) in [5.74, 6) is 0.148. The Morgan fingerprint density at radius 3 is 2.83 bits per heavy atom. The lowest BCUT2D eigenvalue weighted by molar-refractivity contribution is 0.151. The Morgan fingerprint density at radius 2 is 2.11 bits per heavy atom. The molecule has 1 heterocycles. The molecular formula is C13H20N4O. The van der Waals surface area contributed by atoms with Crippen LogP contribution < -0.4 is 11.2 Å². The van der Waals surface area contributed by atoms with Crippen molar-refractivity contribution in [1.29, 1.82) is 0 Å². The second-order valence-corrected chi connectivity index (χ2v) is 4.57. The van der Waals surface area contributed by atoms with Crippen LogP contribution in [0.3, 0.4) is 0 Å². The van der Waals surface area contributed by atoms with E-state index in [0.29, 0.717) is 0 Å². The van der Waals surface area contributed by atoms with Crippen LogP contribution in [0.2, 0.25) is 0 Å². The van der Waals surface area contributed by atoms with Crippen LogP contribution in [-0.4, -0.2) is 29.1 Å². The molecule has 0 atom stereocenters. The number of hydrogen-bond donors (Lipinski definition) is 3. The first kappa shape index (κ1) is 12.9. The number of benzene rings is 1. The smallest absolute Gasteiger partial charge is 0.170 e. The fourth-order valence-corrected chi connectivity index (χ4v) is 2.15. The van der Waals surface area contributed by atoms with Gasteiger partial charge in [-0.05, 0) is 24.5 Å². The van der Waals surface area contributed by atoms with E-state index in [4.69, 9.17) is 10.9 Å². The molecule has 0 unspecified atom stereocenters. The zero-order valence-corrected chi connectivity index (χ0v) is 10.5. The topological polar surface area (TPSA) is 73.9 Å². The molecule has 0 amide bonds. The molecule has 1 fully saturated rings. The third kappa shape index (κ3) is 3.45. The van der Waals surface area contributed by atoms with Crippen molar-refractivity contribution in [2.45, 2.75) is 25.8 Å².